The molecule has 2 aliphatic rings. The number of hydrogen-bond acceptors (Lipinski definition) is 5. The number of fused-ring (bicyclic) bond motifs is 1. The van der Waals surface area contributed by atoms with E-state index in [0.717, 1.165) is 55.1 Å². The monoisotopic (exact) mass is 388 g/mol. The first-order chi connectivity index (χ1) is 14.3. The Morgan fingerprint density at radius 3 is 2.52 bits per heavy atom. The van der Waals surface area contributed by atoms with Crippen molar-refractivity contribution in [2.24, 2.45) is 11.8 Å². The fourth-order valence-electron chi connectivity index (χ4n) is 4.26. The van der Waals surface area contributed by atoms with E-state index in [1.54, 1.807) is 17.0 Å². The zero-order valence-electron chi connectivity index (χ0n) is 16.2. The molecule has 2 fully saturated rings. The second-order valence-corrected chi connectivity index (χ2v) is 7.80. The number of ether oxygens (including phenoxy) is 1. The van der Waals surface area contributed by atoms with Crippen LogP contribution in [0.1, 0.15) is 5.56 Å². The average Bonchev–Trinajstić information content (AvgIpc) is 3.36. The minimum absolute atomic E-state index is 0.133. The molecule has 3 aromatic rings. The molecule has 0 saturated carbocycles. The molecule has 5 rings (SSSR count). The molecule has 1 unspecified atom stereocenters. The summed E-state index contributed by atoms with van der Waals surface area (Å²) >= 11 is 0. The van der Waals surface area contributed by atoms with Crippen LogP contribution in [0.15, 0.2) is 71.8 Å². The fraction of sp³-hybridized carbons (Fsp3) is 0.304. The molecule has 2 aromatic heterocycles. The minimum Gasteiger partial charge on any atom is -0.489 e. The van der Waals surface area contributed by atoms with Crippen LogP contribution in [0.3, 0.4) is 0 Å². The van der Waals surface area contributed by atoms with Gasteiger partial charge >= 0.3 is 0 Å². The van der Waals surface area contributed by atoms with E-state index in [1.165, 1.54) is 6.07 Å². The average molecular weight is 388 g/mol. The predicted molar refractivity (Wildman–Crippen MR) is 113 cm³/mol. The van der Waals surface area contributed by atoms with E-state index in [2.05, 4.69) is 15.2 Å². The van der Waals surface area contributed by atoms with Crippen LogP contribution in [-0.2, 0) is 6.61 Å². The van der Waals surface area contributed by atoms with Crippen molar-refractivity contribution in [3.05, 3.63) is 82.9 Å². The van der Waals surface area contributed by atoms with Crippen molar-refractivity contribution in [1.29, 1.82) is 0 Å². The lowest BCUT2D eigenvalue weighted by atomic mass is 10.0. The summed E-state index contributed by atoms with van der Waals surface area (Å²) in [5.41, 5.74) is 1.69. The van der Waals surface area contributed by atoms with Gasteiger partial charge in [0.1, 0.15) is 18.2 Å². The molecule has 0 radical (unpaired) electrons. The highest BCUT2D eigenvalue weighted by Gasteiger charge is 2.36. The summed E-state index contributed by atoms with van der Waals surface area (Å²) in [4.78, 5) is 19.5. The van der Waals surface area contributed by atoms with E-state index < -0.39 is 0 Å². The second kappa shape index (κ2) is 7.72. The summed E-state index contributed by atoms with van der Waals surface area (Å²) in [6.07, 6.45) is 3.51. The molecule has 2 saturated heterocycles. The van der Waals surface area contributed by atoms with E-state index in [4.69, 9.17) is 4.74 Å². The maximum atomic E-state index is 12.6. The molecule has 2 aliphatic heterocycles. The summed E-state index contributed by atoms with van der Waals surface area (Å²) < 4.78 is 7.34. The van der Waals surface area contributed by atoms with Crippen LogP contribution >= 0.6 is 0 Å². The first kappa shape index (κ1) is 17.9. The second-order valence-electron chi connectivity index (χ2n) is 7.80. The van der Waals surface area contributed by atoms with E-state index in [-0.39, 0.29) is 5.56 Å². The number of nitrogens with zero attached hydrogens (tertiary/aromatic N) is 3. The summed E-state index contributed by atoms with van der Waals surface area (Å²) in [5, 5.41) is 3.46. The van der Waals surface area contributed by atoms with Crippen molar-refractivity contribution >= 4 is 5.82 Å². The molecule has 2 atom stereocenters. The third-order valence-electron chi connectivity index (χ3n) is 5.86. The number of benzene rings is 1. The summed E-state index contributed by atoms with van der Waals surface area (Å²) in [7, 11) is 0. The van der Waals surface area contributed by atoms with Crippen molar-refractivity contribution in [2.75, 3.05) is 31.1 Å². The molecule has 29 heavy (non-hydrogen) atoms. The van der Waals surface area contributed by atoms with Crippen LogP contribution in [0.4, 0.5) is 5.82 Å². The molecule has 0 amide bonds. The number of pyridine rings is 2. The predicted octanol–water partition coefficient (Wildman–Crippen LogP) is 2.47. The molecular weight excluding hydrogens is 364 g/mol. The highest BCUT2D eigenvalue weighted by atomic mass is 16.5. The van der Waals surface area contributed by atoms with E-state index in [0.29, 0.717) is 12.4 Å². The van der Waals surface area contributed by atoms with Gasteiger partial charge in [0.05, 0.1) is 11.9 Å². The largest absolute Gasteiger partial charge is 0.489 e. The Morgan fingerprint density at radius 2 is 1.83 bits per heavy atom. The molecule has 6 nitrogen and oxygen atoms in total. The number of aromatic nitrogens is 2. The maximum absolute atomic E-state index is 12.6. The van der Waals surface area contributed by atoms with Gasteiger partial charge in [-0.1, -0.05) is 30.3 Å². The number of nitrogens with one attached hydrogen (secondary N) is 1. The van der Waals surface area contributed by atoms with E-state index in [1.807, 2.05) is 48.5 Å². The van der Waals surface area contributed by atoms with Gasteiger partial charge in [0, 0.05) is 38.4 Å². The van der Waals surface area contributed by atoms with E-state index >= 15 is 0 Å². The van der Waals surface area contributed by atoms with Gasteiger partial charge in [-0.2, -0.15) is 0 Å². The Bertz CT molecular complexity index is 1020. The Hall–Kier alpha value is -3.12. The quantitative estimate of drug-likeness (QED) is 0.728. The molecule has 1 aromatic carbocycles. The van der Waals surface area contributed by atoms with Crippen molar-refractivity contribution in [1.82, 2.24) is 14.9 Å². The van der Waals surface area contributed by atoms with Crippen molar-refractivity contribution in [2.45, 2.75) is 6.61 Å². The number of anilines is 1. The molecule has 0 aliphatic carbocycles. The van der Waals surface area contributed by atoms with Gasteiger partial charge in [-0.25, -0.2) is 4.98 Å². The highest BCUT2D eigenvalue weighted by molar-refractivity contribution is 5.45. The van der Waals surface area contributed by atoms with E-state index in [9.17, 15) is 4.79 Å². The normalized spacial score (nSPS) is 20.6. The lowest BCUT2D eigenvalue weighted by molar-refractivity contribution is 0.305. The van der Waals surface area contributed by atoms with Gasteiger partial charge in [0.15, 0.2) is 0 Å². The summed E-state index contributed by atoms with van der Waals surface area (Å²) in [6, 6.07) is 17.2. The highest BCUT2D eigenvalue weighted by Crippen LogP contribution is 2.29. The Balaban J connectivity index is 1.27. The van der Waals surface area contributed by atoms with Crippen LogP contribution < -0.4 is 20.5 Å². The first-order valence-corrected chi connectivity index (χ1v) is 10.1. The van der Waals surface area contributed by atoms with Crippen LogP contribution in [0, 0.1) is 11.8 Å². The number of hydrogen-bond donors (Lipinski definition) is 1. The van der Waals surface area contributed by atoms with Gasteiger partial charge in [-0.3, -0.25) is 9.36 Å². The minimum atomic E-state index is -0.133. The lowest BCUT2D eigenvalue weighted by Gasteiger charge is -2.19. The Labute approximate surface area is 169 Å². The molecule has 148 valence electrons. The third-order valence-corrected chi connectivity index (χ3v) is 5.86. The zero-order valence-corrected chi connectivity index (χ0v) is 16.2. The molecule has 4 heterocycles. The van der Waals surface area contributed by atoms with Gasteiger partial charge in [0.25, 0.3) is 5.56 Å². The van der Waals surface area contributed by atoms with Crippen LogP contribution in [0.5, 0.6) is 5.75 Å². The SMILES string of the molecule is O=c1cc(OCc2ccccc2)ccn1-c1ccc(N2CC3CNC[C@@H]3C2)nc1. The molecular formula is C23H24N4O2. The summed E-state index contributed by atoms with van der Waals surface area (Å²) in [6.45, 7) is 4.75. The van der Waals surface area contributed by atoms with Gasteiger partial charge in [-0.05, 0) is 35.6 Å². The Morgan fingerprint density at radius 1 is 1.03 bits per heavy atom. The lowest BCUT2D eigenvalue weighted by Crippen LogP contribution is -2.26. The van der Waals surface area contributed by atoms with Gasteiger partial charge in [0.2, 0.25) is 0 Å². The fourth-order valence-corrected chi connectivity index (χ4v) is 4.26. The molecule has 0 spiro atoms. The van der Waals surface area contributed by atoms with Crippen molar-refractivity contribution < 1.29 is 4.74 Å². The van der Waals surface area contributed by atoms with Crippen LogP contribution in [-0.4, -0.2) is 35.7 Å². The summed E-state index contributed by atoms with van der Waals surface area (Å²) in [5.74, 6) is 3.00. The van der Waals surface area contributed by atoms with Crippen molar-refractivity contribution in [3.8, 4) is 11.4 Å². The maximum Gasteiger partial charge on any atom is 0.258 e. The topological polar surface area (TPSA) is 59.4 Å². The standard InChI is InChI=1S/C23H24N4O2/c28-23-10-21(29-16-17-4-2-1-3-5-17)8-9-27(23)20-6-7-22(25-13-20)26-14-18-11-24-12-19(18)15-26/h1-10,13,18-19,24H,11-12,14-16H2/t18-,19?/m1/s1. The smallest absolute Gasteiger partial charge is 0.258 e. The van der Waals surface area contributed by atoms with Crippen LogP contribution in [0.25, 0.3) is 5.69 Å². The van der Waals surface area contributed by atoms with Crippen LogP contribution in [0.2, 0.25) is 0 Å². The third kappa shape index (κ3) is 3.76. The van der Waals surface area contributed by atoms with Gasteiger partial charge in [-0.15, -0.1) is 0 Å². The van der Waals surface area contributed by atoms with Crippen molar-refractivity contribution in [3.63, 3.8) is 0 Å². The number of rotatable bonds is 5. The Kier molecular flexibility index (Phi) is 4.77. The molecule has 0 bridgehead atoms. The van der Waals surface area contributed by atoms with Gasteiger partial charge < -0.3 is 15.0 Å². The zero-order chi connectivity index (χ0) is 19.6. The molecule has 6 heteroatoms. The first-order valence-electron chi connectivity index (χ1n) is 10.1. The molecule has 1 N–H and O–H groups in total.